The van der Waals surface area contributed by atoms with E-state index in [1.807, 2.05) is 20.0 Å². The van der Waals surface area contributed by atoms with Gasteiger partial charge in [0.15, 0.2) is 0 Å². The molecule has 1 aliphatic heterocycles. The van der Waals surface area contributed by atoms with Gasteiger partial charge in [-0.3, -0.25) is 4.79 Å². The molecule has 1 aromatic rings. The maximum atomic E-state index is 11.9. The van der Waals surface area contributed by atoms with Gasteiger partial charge >= 0.3 is 0 Å². The number of rotatable bonds is 3. The van der Waals surface area contributed by atoms with Gasteiger partial charge in [0.05, 0.1) is 24.0 Å². The van der Waals surface area contributed by atoms with Crippen molar-refractivity contribution in [3.8, 4) is 0 Å². The van der Waals surface area contributed by atoms with Crippen molar-refractivity contribution in [3.63, 3.8) is 0 Å². The molecule has 92 valence electrons. The molecule has 5 nitrogen and oxygen atoms in total. The molecule has 2 N–H and O–H groups in total. The zero-order valence-corrected chi connectivity index (χ0v) is 10.1. The molecule has 1 amide bonds. The van der Waals surface area contributed by atoms with Gasteiger partial charge in [0, 0.05) is 13.7 Å². The van der Waals surface area contributed by atoms with Crippen LogP contribution in [-0.2, 0) is 4.74 Å². The Morgan fingerprint density at radius 1 is 1.53 bits per heavy atom. The molecular formula is C12H17N3O2. The first kappa shape index (κ1) is 11.9. The molecule has 0 radical (unpaired) electrons. The number of nitrogens with one attached hydrogen (secondary N) is 2. The molecule has 0 bridgehead atoms. The summed E-state index contributed by atoms with van der Waals surface area (Å²) in [5, 5.41) is 5.89. The molecule has 0 saturated carbocycles. The van der Waals surface area contributed by atoms with E-state index in [1.165, 1.54) is 0 Å². The Kier molecular flexibility index (Phi) is 3.58. The van der Waals surface area contributed by atoms with Gasteiger partial charge in [-0.05, 0) is 25.5 Å². The topological polar surface area (TPSA) is 63.2 Å². The fourth-order valence-corrected chi connectivity index (χ4v) is 1.84. The highest BCUT2D eigenvalue weighted by Crippen LogP contribution is 2.13. The minimum absolute atomic E-state index is 0.0792. The molecule has 2 atom stereocenters. The lowest BCUT2D eigenvalue weighted by molar-refractivity contribution is 0.0862. The number of hydrogen-bond donors (Lipinski definition) is 2. The molecule has 17 heavy (non-hydrogen) atoms. The largest absolute Gasteiger partial charge is 0.387 e. The number of hydrogen-bond acceptors (Lipinski definition) is 4. The molecule has 1 saturated heterocycles. The Bertz CT molecular complexity index is 391. The second-order valence-corrected chi connectivity index (χ2v) is 4.13. The summed E-state index contributed by atoms with van der Waals surface area (Å²) in [6, 6.07) is 3.63. The number of carbonyl (C=O) groups is 1. The van der Waals surface area contributed by atoms with Crippen molar-refractivity contribution in [1.29, 1.82) is 0 Å². The first-order valence-corrected chi connectivity index (χ1v) is 5.77. The van der Waals surface area contributed by atoms with Gasteiger partial charge in [0.2, 0.25) is 0 Å². The number of pyridine rings is 1. The minimum Gasteiger partial charge on any atom is -0.387 e. The van der Waals surface area contributed by atoms with Gasteiger partial charge in [-0.25, -0.2) is 4.98 Å². The molecule has 2 unspecified atom stereocenters. The van der Waals surface area contributed by atoms with Crippen LogP contribution in [0.25, 0.3) is 0 Å². The SMILES string of the molecule is CNc1ccc(C(=O)NC2CCOC2C)nc1. The highest BCUT2D eigenvalue weighted by atomic mass is 16.5. The maximum Gasteiger partial charge on any atom is 0.270 e. The third-order valence-corrected chi connectivity index (χ3v) is 2.98. The van der Waals surface area contributed by atoms with Crippen LogP contribution in [0.2, 0.25) is 0 Å². The predicted molar refractivity (Wildman–Crippen MR) is 65.1 cm³/mol. The number of anilines is 1. The van der Waals surface area contributed by atoms with Crippen molar-refractivity contribution in [2.24, 2.45) is 0 Å². The highest BCUT2D eigenvalue weighted by Gasteiger charge is 2.26. The van der Waals surface area contributed by atoms with E-state index in [9.17, 15) is 4.79 Å². The summed E-state index contributed by atoms with van der Waals surface area (Å²) in [5.41, 5.74) is 1.32. The maximum absolute atomic E-state index is 11.9. The van der Waals surface area contributed by atoms with Gasteiger partial charge in [-0.15, -0.1) is 0 Å². The summed E-state index contributed by atoms with van der Waals surface area (Å²) in [6.45, 7) is 2.67. The second kappa shape index (κ2) is 5.14. The van der Waals surface area contributed by atoms with Gasteiger partial charge in [0.1, 0.15) is 5.69 Å². The van der Waals surface area contributed by atoms with Crippen molar-refractivity contribution in [2.75, 3.05) is 19.0 Å². The quantitative estimate of drug-likeness (QED) is 0.821. The third kappa shape index (κ3) is 2.74. The van der Waals surface area contributed by atoms with Crippen LogP contribution in [0.5, 0.6) is 0 Å². The van der Waals surface area contributed by atoms with Gasteiger partial charge in [-0.2, -0.15) is 0 Å². The fourth-order valence-electron chi connectivity index (χ4n) is 1.84. The molecule has 0 spiro atoms. The Hall–Kier alpha value is -1.62. The molecule has 1 aliphatic rings. The lowest BCUT2D eigenvalue weighted by atomic mass is 10.1. The highest BCUT2D eigenvalue weighted by molar-refractivity contribution is 5.92. The second-order valence-electron chi connectivity index (χ2n) is 4.13. The number of carbonyl (C=O) groups excluding carboxylic acids is 1. The van der Waals surface area contributed by atoms with Crippen LogP contribution in [-0.4, -0.2) is 36.7 Å². The Labute approximate surface area is 101 Å². The summed E-state index contributed by atoms with van der Waals surface area (Å²) in [6.07, 6.45) is 2.58. The smallest absolute Gasteiger partial charge is 0.270 e. The predicted octanol–water partition coefficient (Wildman–Crippen LogP) is 1.03. The van der Waals surface area contributed by atoms with E-state index in [0.717, 1.165) is 12.1 Å². The Balaban J connectivity index is 1.99. The van der Waals surface area contributed by atoms with E-state index in [4.69, 9.17) is 4.74 Å². The number of nitrogens with zero attached hydrogens (tertiary/aromatic N) is 1. The minimum atomic E-state index is -0.144. The molecule has 2 rings (SSSR count). The molecule has 0 aromatic carbocycles. The fraction of sp³-hybridized carbons (Fsp3) is 0.500. The number of ether oxygens (including phenoxy) is 1. The van der Waals surface area contributed by atoms with Crippen molar-refractivity contribution < 1.29 is 9.53 Å². The number of aromatic nitrogens is 1. The van der Waals surface area contributed by atoms with Crippen LogP contribution in [0, 0.1) is 0 Å². The monoisotopic (exact) mass is 235 g/mol. The summed E-state index contributed by atoms with van der Waals surface area (Å²) in [5.74, 6) is -0.144. The van der Waals surface area contributed by atoms with Crippen LogP contribution >= 0.6 is 0 Å². The van der Waals surface area contributed by atoms with E-state index in [2.05, 4.69) is 15.6 Å². The molecule has 2 heterocycles. The first-order chi connectivity index (χ1) is 8.20. The van der Waals surface area contributed by atoms with E-state index < -0.39 is 0 Å². The molecular weight excluding hydrogens is 218 g/mol. The van der Waals surface area contributed by atoms with E-state index in [1.54, 1.807) is 12.3 Å². The van der Waals surface area contributed by atoms with E-state index >= 15 is 0 Å². The lowest BCUT2D eigenvalue weighted by Crippen LogP contribution is -2.39. The van der Waals surface area contributed by atoms with Crippen LogP contribution < -0.4 is 10.6 Å². The Morgan fingerprint density at radius 2 is 2.35 bits per heavy atom. The van der Waals surface area contributed by atoms with E-state index in [0.29, 0.717) is 12.3 Å². The van der Waals surface area contributed by atoms with Crippen LogP contribution in [0.15, 0.2) is 18.3 Å². The summed E-state index contributed by atoms with van der Waals surface area (Å²) < 4.78 is 5.39. The van der Waals surface area contributed by atoms with Gasteiger partial charge in [-0.1, -0.05) is 0 Å². The van der Waals surface area contributed by atoms with Crippen LogP contribution in [0.1, 0.15) is 23.8 Å². The summed E-state index contributed by atoms with van der Waals surface area (Å²) in [7, 11) is 1.81. The average molecular weight is 235 g/mol. The average Bonchev–Trinajstić information content (AvgIpc) is 2.75. The first-order valence-electron chi connectivity index (χ1n) is 5.77. The van der Waals surface area contributed by atoms with Crippen molar-refractivity contribution >= 4 is 11.6 Å². The van der Waals surface area contributed by atoms with Crippen LogP contribution in [0.4, 0.5) is 5.69 Å². The van der Waals surface area contributed by atoms with Gasteiger partial charge in [0.25, 0.3) is 5.91 Å². The van der Waals surface area contributed by atoms with E-state index in [-0.39, 0.29) is 18.1 Å². The summed E-state index contributed by atoms with van der Waals surface area (Å²) >= 11 is 0. The van der Waals surface area contributed by atoms with Crippen molar-refractivity contribution in [1.82, 2.24) is 10.3 Å². The van der Waals surface area contributed by atoms with Gasteiger partial charge < -0.3 is 15.4 Å². The molecule has 1 aromatic heterocycles. The van der Waals surface area contributed by atoms with Crippen molar-refractivity contribution in [2.45, 2.75) is 25.5 Å². The standard InChI is InChI=1S/C12H17N3O2/c1-8-10(5-6-17-8)15-12(16)11-4-3-9(13-2)7-14-11/h3-4,7-8,10,13H,5-6H2,1-2H3,(H,15,16). The van der Waals surface area contributed by atoms with Crippen LogP contribution in [0.3, 0.4) is 0 Å². The lowest BCUT2D eigenvalue weighted by Gasteiger charge is -2.15. The normalized spacial score (nSPS) is 23.4. The molecule has 5 heteroatoms. The number of amides is 1. The van der Waals surface area contributed by atoms with Crippen molar-refractivity contribution in [3.05, 3.63) is 24.0 Å². The zero-order valence-electron chi connectivity index (χ0n) is 10.1. The summed E-state index contributed by atoms with van der Waals surface area (Å²) in [4.78, 5) is 16.0. The zero-order chi connectivity index (χ0) is 12.3. The Morgan fingerprint density at radius 3 is 2.88 bits per heavy atom. The molecule has 1 fully saturated rings. The molecule has 0 aliphatic carbocycles. The third-order valence-electron chi connectivity index (χ3n) is 2.98.